The number of hydrogen-bond donors (Lipinski definition) is 0. The topological polar surface area (TPSA) is 59.2 Å². The Morgan fingerprint density at radius 1 is 1.28 bits per heavy atom. The van der Waals surface area contributed by atoms with Crippen LogP contribution in [0.4, 0.5) is 0 Å². The minimum Gasteiger partial charge on any atom is -0.337 e. The minimum absolute atomic E-state index is 0.0224. The first-order valence-electron chi connectivity index (χ1n) is 8.93. The van der Waals surface area contributed by atoms with Crippen LogP contribution < -0.4 is 0 Å². The first-order valence-corrected chi connectivity index (χ1v) is 8.93. The molecule has 7 nitrogen and oxygen atoms in total. The molecule has 0 saturated carbocycles. The third-order valence-corrected chi connectivity index (χ3v) is 5.17. The van der Waals surface area contributed by atoms with Gasteiger partial charge < -0.3 is 9.80 Å². The summed E-state index contributed by atoms with van der Waals surface area (Å²) in [5, 5.41) is 8.65. The zero-order valence-electron chi connectivity index (χ0n) is 15.6. The van der Waals surface area contributed by atoms with E-state index in [-0.39, 0.29) is 11.9 Å². The predicted octanol–water partition coefficient (Wildman–Crippen LogP) is 1.47. The van der Waals surface area contributed by atoms with Crippen LogP contribution in [0.1, 0.15) is 34.6 Å². The van der Waals surface area contributed by atoms with Gasteiger partial charge in [-0.25, -0.2) is 0 Å². The van der Waals surface area contributed by atoms with Crippen molar-refractivity contribution in [2.24, 2.45) is 7.05 Å². The van der Waals surface area contributed by atoms with Crippen molar-refractivity contribution in [2.45, 2.75) is 39.3 Å². The zero-order valence-corrected chi connectivity index (χ0v) is 15.6. The first kappa shape index (κ1) is 17.7. The lowest BCUT2D eigenvalue weighted by Crippen LogP contribution is -2.46. The van der Waals surface area contributed by atoms with Gasteiger partial charge in [-0.05, 0) is 38.3 Å². The first-order chi connectivity index (χ1) is 11.9. The number of aryl methyl sites for hydroxylation is 3. The van der Waals surface area contributed by atoms with E-state index in [1.807, 2.05) is 42.9 Å². The number of piperidine rings is 1. The van der Waals surface area contributed by atoms with E-state index in [4.69, 9.17) is 0 Å². The molecule has 1 aliphatic rings. The van der Waals surface area contributed by atoms with E-state index >= 15 is 0 Å². The molecular weight excluding hydrogens is 316 g/mol. The maximum atomic E-state index is 12.6. The number of rotatable bonds is 5. The fourth-order valence-corrected chi connectivity index (χ4v) is 3.37. The quantitative estimate of drug-likeness (QED) is 0.824. The summed E-state index contributed by atoms with van der Waals surface area (Å²) in [6.45, 7) is 7.98. The van der Waals surface area contributed by atoms with Crippen molar-refractivity contribution in [3.63, 3.8) is 0 Å². The second-order valence-corrected chi connectivity index (χ2v) is 7.06. The number of carbonyl (C=O) groups excluding carboxylic acids is 1. The van der Waals surface area contributed by atoms with E-state index in [9.17, 15) is 4.79 Å². The van der Waals surface area contributed by atoms with Crippen molar-refractivity contribution in [2.75, 3.05) is 26.7 Å². The lowest BCUT2D eigenvalue weighted by Gasteiger charge is -2.36. The molecule has 0 aliphatic carbocycles. The maximum absolute atomic E-state index is 12.6. The average molecular weight is 344 g/mol. The summed E-state index contributed by atoms with van der Waals surface area (Å²) >= 11 is 0. The van der Waals surface area contributed by atoms with Crippen molar-refractivity contribution in [3.05, 3.63) is 35.4 Å². The highest BCUT2D eigenvalue weighted by Crippen LogP contribution is 2.17. The van der Waals surface area contributed by atoms with Gasteiger partial charge in [-0.2, -0.15) is 10.2 Å². The van der Waals surface area contributed by atoms with Crippen LogP contribution in [0.25, 0.3) is 0 Å². The van der Waals surface area contributed by atoms with Crippen LogP contribution in [-0.2, 0) is 13.6 Å². The van der Waals surface area contributed by atoms with Crippen LogP contribution in [-0.4, -0.2) is 68.0 Å². The Morgan fingerprint density at radius 3 is 2.56 bits per heavy atom. The van der Waals surface area contributed by atoms with E-state index in [1.165, 1.54) is 5.56 Å². The summed E-state index contributed by atoms with van der Waals surface area (Å²) in [5.41, 5.74) is 2.74. The molecule has 1 saturated heterocycles. The number of likely N-dealkylation sites (tertiary alicyclic amines) is 1. The van der Waals surface area contributed by atoms with E-state index in [0.29, 0.717) is 5.69 Å². The third kappa shape index (κ3) is 4.10. The minimum atomic E-state index is 0.0224. The van der Waals surface area contributed by atoms with Gasteiger partial charge in [0, 0.05) is 51.7 Å². The lowest BCUT2D eigenvalue weighted by molar-refractivity contribution is 0.0633. The second kappa shape index (κ2) is 7.39. The molecule has 0 unspecified atom stereocenters. The molecule has 1 aliphatic heterocycles. The fourth-order valence-electron chi connectivity index (χ4n) is 3.37. The van der Waals surface area contributed by atoms with Crippen molar-refractivity contribution in [3.8, 4) is 0 Å². The van der Waals surface area contributed by atoms with Crippen LogP contribution in [0.5, 0.6) is 0 Å². The predicted molar refractivity (Wildman–Crippen MR) is 96.5 cm³/mol. The average Bonchev–Trinajstić information content (AvgIpc) is 3.18. The van der Waals surface area contributed by atoms with Crippen molar-refractivity contribution in [1.82, 2.24) is 29.4 Å². The SMILES string of the molecule is Cc1cnn(CCN2CCC(N(C)C(=O)c3cc(C)n(C)n3)CC2)c1. The molecule has 2 aromatic rings. The summed E-state index contributed by atoms with van der Waals surface area (Å²) in [6, 6.07) is 2.15. The van der Waals surface area contributed by atoms with E-state index in [1.54, 1.807) is 4.68 Å². The van der Waals surface area contributed by atoms with Crippen LogP contribution in [0.3, 0.4) is 0 Å². The molecule has 25 heavy (non-hydrogen) atoms. The van der Waals surface area contributed by atoms with Crippen molar-refractivity contribution < 1.29 is 4.79 Å². The van der Waals surface area contributed by atoms with Crippen molar-refractivity contribution >= 4 is 5.91 Å². The van der Waals surface area contributed by atoms with Crippen LogP contribution in [0.2, 0.25) is 0 Å². The Hall–Kier alpha value is -2.15. The second-order valence-electron chi connectivity index (χ2n) is 7.06. The molecule has 2 aromatic heterocycles. The molecule has 0 N–H and O–H groups in total. The molecular formula is C18H28N6O. The molecule has 0 bridgehead atoms. The van der Waals surface area contributed by atoms with Gasteiger partial charge in [0.25, 0.3) is 5.91 Å². The third-order valence-electron chi connectivity index (χ3n) is 5.17. The zero-order chi connectivity index (χ0) is 18.0. The number of amides is 1. The summed E-state index contributed by atoms with van der Waals surface area (Å²) < 4.78 is 3.75. The lowest BCUT2D eigenvalue weighted by atomic mass is 10.0. The molecule has 3 heterocycles. The largest absolute Gasteiger partial charge is 0.337 e. The molecule has 3 rings (SSSR count). The van der Waals surface area contributed by atoms with Gasteiger partial charge in [0.2, 0.25) is 0 Å². The van der Waals surface area contributed by atoms with Gasteiger partial charge in [-0.3, -0.25) is 14.2 Å². The van der Waals surface area contributed by atoms with Gasteiger partial charge in [0.15, 0.2) is 5.69 Å². The van der Waals surface area contributed by atoms with Gasteiger partial charge in [0.1, 0.15) is 0 Å². The number of nitrogens with zero attached hydrogens (tertiary/aromatic N) is 6. The summed E-state index contributed by atoms with van der Waals surface area (Å²) in [7, 11) is 3.77. The fraction of sp³-hybridized carbons (Fsp3) is 0.611. The number of hydrogen-bond acceptors (Lipinski definition) is 4. The molecule has 0 radical (unpaired) electrons. The van der Waals surface area contributed by atoms with Crippen LogP contribution in [0.15, 0.2) is 18.5 Å². The molecule has 136 valence electrons. The van der Waals surface area contributed by atoms with Gasteiger partial charge in [0.05, 0.1) is 12.7 Å². The molecule has 0 aromatic carbocycles. The van der Waals surface area contributed by atoms with Crippen LogP contribution in [0, 0.1) is 13.8 Å². The van der Waals surface area contributed by atoms with Crippen LogP contribution >= 0.6 is 0 Å². The normalized spacial score (nSPS) is 16.3. The highest BCUT2D eigenvalue weighted by atomic mass is 16.2. The van der Waals surface area contributed by atoms with E-state index < -0.39 is 0 Å². The summed E-state index contributed by atoms with van der Waals surface area (Å²) in [5.74, 6) is 0.0224. The van der Waals surface area contributed by atoms with Crippen molar-refractivity contribution in [1.29, 1.82) is 0 Å². The molecule has 7 heteroatoms. The Kier molecular flexibility index (Phi) is 5.22. The summed E-state index contributed by atoms with van der Waals surface area (Å²) in [4.78, 5) is 17.0. The highest BCUT2D eigenvalue weighted by Gasteiger charge is 2.27. The van der Waals surface area contributed by atoms with Gasteiger partial charge in [-0.15, -0.1) is 0 Å². The molecule has 1 amide bonds. The highest BCUT2D eigenvalue weighted by molar-refractivity contribution is 5.92. The molecule has 0 spiro atoms. The van der Waals surface area contributed by atoms with E-state index in [0.717, 1.165) is 44.7 Å². The molecule has 0 atom stereocenters. The smallest absolute Gasteiger partial charge is 0.274 e. The standard InChI is InChI=1S/C18H28N6O/c1-14-12-19-24(13-14)10-9-23-7-5-16(6-8-23)21(3)18(25)17-11-15(2)22(4)20-17/h11-13,16H,5-10H2,1-4H3. The Bertz CT molecular complexity index is 706. The number of aromatic nitrogens is 4. The Balaban J connectivity index is 1.48. The van der Waals surface area contributed by atoms with E-state index in [2.05, 4.69) is 28.2 Å². The Morgan fingerprint density at radius 2 is 2.00 bits per heavy atom. The maximum Gasteiger partial charge on any atom is 0.274 e. The van der Waals surface area contributed by atoms with Gasteiger partial charge >= 0.3 is 0 Å². The van der Waals surface area contributed by atoms with Gasteiger partial charge in [-0.1, -0.05) is 0 Å². The monoisotopic (exact) mass is 344 g/mol. The molecule has 1 fully saturated rings. The summed E-state index contributed by atoms with van der Waals surface area (Å²) in [6.07, 6.45) is 5.98. The number of carbonyl (C=O) groups is 1. The Labute approximate surface area is 149 Å².